The average Bonchev–Trinajstić information content (AvgIpc) is 2.15. The highest BCUT2D eigenvalue weighted by atomic mass is 16.6. The second kappa shape index (κ2) is 7.46. The zero-order valence-electron chi connectivity index (χ0n) is 10.6. The van der Waals surface area contributed by atoms with Gasteiger partial charge in [0, 0.05) is 6.54 Å². The minimum Gasteiger partial charge on any atom is -0.444 e. The Labute approximate surface area is 97.1 Å². The number of aliphatic hydroxyl groups excluding tert-OH is 1. The lowest BCUT2D eigenvalue weighted by Crippen LogP contribution is -2.32. The van der Waals surface area contributed by atoms with Crippen LogP contribution in [0.4, 0.5) is 4.79 Å². The van der Waals surface area contributed by atoms with Crippen molar-refractivity contribution >= 4 is 6.09 Å². The SMILES string of the molecule is CC(CO)OC(=O)NCCOCC(C)(C)C. The standard InChI is InChI=1S/C11H23NO4/c1-9(7-13)16-10(14)12-5-6-15-8-11(2,3)4/h9,13H,5-8H2,1-4H3,(H,12,14). The van der Waals surface area contributed by atoms with E-state index < -0.39 is 12.2 Å². The first-order chi connectivity index (χ1) is 7.35. The van der Waals surface area contributed by atoms with E-state index in [1.807, 2.05) is 0 Å². The van der Waals surface area contributed by atoms with E-state index in [1.165, 1.54) is 0 Å². The summed E-state index contributed by atoms with van der Waals surface area (Å²) in [6.07, 6.45) is -1.00. The normalized spacial score (nSPS) is 13.3. The van der Waals surface area contributed by atoms with E-state index in [0.29, 0.717) is 19.8 Å². The molecule has 0 aliphatic heterocycles. The van der Waals surface area contributed by atoms with Crippen LogP contribution in [0, 0.1) is 5.41 Å². The Kier molecular flexibility index (Phi) is 7.08. The molecule has 16 heavy (non-hydrogen) atoms. The maximum Gasteiger partial charge on any atom is 0.407 e. The topological polar surface area (TPSA) is 67.8 Å². The molecule has 0 spiro atoms. The third-order valence-corrected chi connectivity index (χ3v) is 1.62. The number of aliphatic hydroxyl groups is 1. The summed E-state index contributed by atoms with van der Waals surface area (Å²) in [6, 6.07) is 0. The fourth-order valence-corrected chi connectivity index (χ4v) is 0.865. The van der Waals surface area contributed by atoms with E-state index in [1.54, 1.807) is 6.92 Å². The fraction of sp³-hybridized carbons (Fsp3) is 0.909. The van der Waals surface area contributed by atoms with Crippen LogP contribution in [0.5, 0.6) is 0 Å². The molecule has 1 amide bonds. The molecule has 0 saturated heterocycles. The summed E-state index contributed by atoms with van der Waals surface area (Å²) in [5, 5.41) is 11.2. The highest BCUT2D eigenvalue weighted by Gasteiger charge is 2.10. The molecule has 0 heterocycles. The van der Waals surface area contributed by atoms with Crippen LogP contribution >= 0.6 is 0 Å². The van der Waals surface area contributed by atoms with Crippen molar-refractivity contribution in [2.75, 3.05) is 26.4 Å². The van der Waals surface area contributed by atoms with Crippen LogP contribution in [0.15, 0.2) is 0 Å². The van der Waals surface area contributed by atoms with E-state index in [0.717, 1.165) is 0 Å². The number of ether oxygens (including phenoxy) is 2. The molecule has 0 radical (unpaired) electrons. The summed E-state index contributed by atoms with van der Waals surface area (Å²) in [7, 11) is 0. The predicted molar refractivity (Wildman–Crippen MR) is 61.3 cm³/mol. The molecule has 0 aromatic carbocycles. The molecular weight excluding hydrogens is 210 g/mol. The summed E-state index contributed by atoms with van der Waals surface area (Å²) < 4.78 is 10.2. The van der Waals surface area contributed by atoms with E-state index in [4.69, 9.17) is 14.6 Å². The van der Waals surface area contributed by atoms with Crippen LogP contribution in [0.2, 0.25) is 0 Å². The molecule has 5 nitrogen and oxygen atoms in total. The Hall–Kier alpha value is -0.810. The molecular formula is C11H23NO4. The largest absolute Gasteiger partial charge is 0.444 e. The minimum atomic E-state index is -0.527. The van der Waals surface area contributed by atoms with Gasteiger partial charge in [-0.3, -0.25) is 0 Å². The van der Waals surface area contributed by atoms with Crippen molar-refractivity contribution in [1.29, 1.82) is 0 Å². The molecule has 1 unspecified atom stereocenters. The first kappa shape index (κ1) is 15.2. The smallest absolute Gasteiger partial charge is 0.407 e. The van der Waals surface area contributed by atoms with Gasteiger partial charge in [-0.15, -0.1) is 0 Å². The number of hydrogen-bond acceptors (Lipinski definition) is 4. The van der Waals surface area contributed by atoms with Gasteiger partial charge in [-0.05, 0) is 12.3 Å². The van der Waals surface area contributed by atoms with Gasteiger partial charge in [-0.1, -0.05) is 20.8 Å². The number of alkyl carbamates (subject to hydrolysis) is 1. The molecule has 0 fully saturated rings. The van der Waals surface area contributed by atoms with Crippen LogP contribution in [0.1, 0.15) is 27.7 Å². The van der Waals surface area contributed by atoms with Gasteiger partial charge >= 0.3 is 6.09 Å². The fourth-order valence-electron chi connectivity index (χ4n) is 0.865. The molecule has 0 saturated carbocycles. The number of carbonyl (C=O) groups excluding carboxylic acids is 1. The second-order valence-electron chi connectivity index (χ2n) is 4.94. The summed E-state index contributed by atoms with van der Waals surface area (Å²) >= 11 is 0. The molecule has 0 aliphatic carbocycles. The van der Waals surface area contributed by atoms with Crippen molar-refractivity contribution in [2.24, 2.45) is 5.41 Å². The van der Waals surface area contributed by atoms with Crippen LogP contribution < -0.4 is 5.32 Å². The van der Waals surface area contributed by atoms with Crippen molar-refractivity contribution in [3.8, 4) is 0 Å². The van der Waals surface area contributed by atoms with E-state index in [-0.39, 0.29) is 12.0 Å². The van der Waals surface area contributed by atoms with Crippen molar-refractivity contribution in [3.63, 3.8) is 0 Å². The molecule has 96 valence electrons. The highest BCUT2D eigenvalue weighted by molar-refractivity contribution is 5.67. The van der Waals surface area contributed by atoms with E-state index >= 15 is 0 Å². The molecule has 0 bridgehead atoms. The molecule has 0 aromatic rings. The maximum atomic E-state index is 11.1. The van der Waals surface area contributed by atoms with Crippen molar-refractivity contribution in [2.45, 2.75) is 33.8 Å². The summed E-state index contributed by atoms with van der Waals surface area (Å²) in [6.45, 7) is 9.21. The summed E-state index contributed by atoms with van der Waals surface area (Å²) in [4.78, 5) is 11.1. The second-order valence-corrected chi connectivity index (χ2v) is 4.94. The number of carbonyl (C=O) groups is 1. The Bertz CT molecular complexity index is 201. The predicted octanol–water partition coefficient (Wildman–Crippen LogP) is 1.16. The zero-order chi connectivity index (χ0) is 12.6. The van der Waals surface area contributed by atoms with Crippen LogP contribution in [-0.2, 0) is 9.47 Å². The lowest BCUT2D eigenvalue weighted by molar-refractivity contribution is 0.0571. The van der Waals surface area contributed by atoms with Gasteiger partial charge in [-0.2, -0.15) is 0 Å². The average molecular weight is 233 g/mol. The number of nitrogens with one attached hydrogen (secondary N) is 1. The van der Waals surface area contributed by atoms with Gasteiger partial charge in [0.2, 0.25) is 0 Å². The van der Waals surface area contributed by atoms with Crippen molar-refractivity contribution in [1.82, 2.24) is 5.32 Å². The molecule has 5 heteroatoms. The third kappa shape index (κ3) is 9.73. The van der Waals surface area contributed by atoms with Crippen molar-refractivity contribution < 1.29 is 19.4 Å². The number of rotatable bonds is 6. The molecule has 1 atom stereocenters. The van der Waals surface area contributed by atoms with E-state index in [2.05, 4.69) is 26.1 Å². The van der Waals surface area contributed by atoms with Gasteiger partial charge in [0.1, 0.15) is 6.10 Å². The van der Waals surface area contributed by atoms with Gasteiger partial charge in [-0.25, -0.2) is 4.79 Å². The monoisotopic (exact) mass is 233 g/mol. The Morgan fingerprint density at radius 2 is 2.06 bits per heavy atom. The first-order valence-corrected chi connectivity index (χ1v) is 5.48. The maximum absolute atomic E-state index is 11.1. The van der Waals surface area contributed by atoms with Crippen molar-refractivity contribution in [3.05, 3.63) is 0 Å². The summed E-state index contributed by atoms with van der Waals surface area (Å²) in [5.41, 5.74) is 0.131. The third-order valence-electron chi connectivity index (χ3n) is 1.62. The van der Waals surface area contributed by atoms with Gasteiger partial charge < -0.3 is 19.9 Å². The van der Waals surface area contributed by atoms with Gasteiger partial charge in [0.15, 0.2) is 0 Å². The minimum absolute atomic E-state index is 0.131. The quantitative estimate of drug-likeness (QED) is 0.675. The molecule has 0 aliphatic rings. The van der Waals surface area contributed by atoms with Crippen LogP contribution in [0.3, 0.4) is 0 Å². The molecule has 0 rings (SSSR count). The Morgan fingerprint density at radius 3 is 2.56 bits per heavy atom. The lowest BCUT2D eigenvalue weighted by atomic mass is 9.99. The van der Waals surface area contributed by atoms with Crippen LogP contribution in [-0.4, -0.2) is 43.7 Å². The molecule has 0 aromatic heterocycles. The zero-order valence-corrected chi connectivity index (χ0v) is 10.6. The van der Waals surface area contributed by atoms with Crippen LogP contribution in [0.25, 0.3) is 0 Å². The van der Waals surface area contributed by atoms with Gasteiger partial charge in [0.25, 0.3) is 0 Å². The Balaban J connectivity index is 3.42. The number of hydrogen-bond donors (Lipinski definition) is 2. The number of amides is 1. The van der Waals surface area contributed by atoms with Gasteiger partial charge in [0.05, 0.1) is 19.8 Å². The highest BCUT2D eigenvalue weighted by Crippen LogP contribution is 2.12. The summed E-state index contributed by atoms with van der Waals surface area (Å²) in [5.74, 6) is 0. The van der Waals surface area contributed by atoms with E-state index in [9.17, 15) is 4.79 Å². The first-order valence-electron chi connectivity index (χ1n) is 5.48. The Morgan fingerprint density at radius 1 is 1.44 bits per heavy atom. The molecule has 2 N–H and O–H groups in total. The lowest BCUT2D eigenvalue weighted by Gasteiger charge is -2.18.